The van der Waals surface area contributed by atoms with Crippen molar-refractivity contribution in [2.45, 2.75) is 17.4 Å². The third kappa shape index (κ3) is 2.25. The minimum atomic E-state index is -0.173. The smallest absolute Gasteiger partial charge is 0.258 e. The largest absolute Gasteiger partial charge is 0.431 e. The zero-order valence-electron chi connectivity index (χ0n) is 7.90. The van der Waals surface area contributed by atoms with Crippen LogP contribution in [0.25, 0.3) is 11.1 Å². The molecule has 3 nitrogen and oxygen atoms in total. The summed E-state index contributed by atoms with van der Waals surface area (Å²) in [6.45, 7) is 1.80. The highest BCUT2D eigenvalue weighted by Gasteiger charge is 2.10. The number of fused-ring (bicyclic) bond motifs is 1. The van der Waals surface area contributed by atoms with E-state index in [-0.39, 0.29) is 5.25 Å². The molecule has 0 saturated heterocycles. The Labute approximate surface area is 96.0 Å². The standard InChI is InChI=1S/C10H7ClN2OS/c1-6(5-12)15-10-13-8-3-2-7(11)4-9(8)14-10/h2-4,6H,1H3/t6-/m0/s1. The number of aromatic nitrogens is 1. The van der Waals surface area contributed by atoms with Crippen LogP contribution in [0.2, 0.25) is 5.02 Å². The zero-order valence-corrected chi connectivity index (χ0v) is 9.47. The normalized spacial score (nSPS) is 12.6. The monoisotopic (exact) mass is 238 g/mol. The first kappa shape index (κ1) is 10.3. The molecular formula is C10H7ClN2OS. The molecular weight excluding hydrogens is 232 g/mol. The summed E-state index contributed by atoms with van der Waals surface area (Å²) in [7, 11) is 0. The average Bonchev–Trinajstić information content (AvgIpc) is 2.59. The molecule has 0 N–H and O–H groups in total. The summed E-state index contributed by atoms with van der Waals surface area (Å²) in [6, 6.07) is 7.37. The second kappa shape index (κ2) is 4.13. The molecule has 0 unspecified atom stereocenters. The van der Waals surface area contributed by atoms with E-state index in [0.29, 0.717) is 15.8 Å². The van der Waals surface area contributed by atoms with Crippen LogP contribution in [0.15, 0.2) is 27.8 Å². The van der Waals surface area contributed by atoms with E-state index >= 15 is 0 Å². The lowest BCUT2D eigenvalue weighted by Crippen LogP contribution is -1.88. The van der Waals surface area contributed by atoms with Crippen molar-refractivity contribution in [2.24, 2.45) is 0 Å². The van der Waals surface area contributed by atoms with E-state index in [2.05, 4.69) is 11.1 Å². The van der Waals surface area contributed by atoms with Gasteiger partial charge in [0.05, 0.1) is 11.3 Å². The van der Waals surface area contributed by atoms with Gasteiger partial charge in [-0.1, -0.05) is 11.6 Å². The first-order chi connectivity index (χ1) is 7.19. The van der Waals surface area contributed by atoms with Crippen molar-refractivity contribution in [3.8, 4) is 6.07 Å². The van der Waals surface area contributed by atoms with Gasteiger partial charge in [-0.25, -0.2) is 4.98 Å². The van der Waals surface area contributed by atoms with Gasteiger partial charge in [0.1, 0.15) is 5.52 Å². The molecule has 1 aromatic heterocycles. The summed E-state index contributed by atoms with van der Waals surface area (Å²) in [4.78, 5) is 4.23. The molecule has 2 rings (SSSR count). The molecule has 0 aliphatic carbocycles. The molecule has 2 aromatic rings. The molecule has 0 fully saturated rings. The van der Waals surface area contributed by atoms with Crippen molar-refractivity contribution in [3.05, 3.63) is 23.2 Å². The Morgan fingerprint density at radius 3 is 3.13 bits per heavy atom. The van der Waals surface area contributed by atoms with Crippen LogP contribution in [0.1, 0.15) is 6.92 Å². The maximum atomic E-state index is 8.65. The first-order valence-electron chi connectivity index (χ1n) is 4.31. The van der Waals surface area contributed by atoms with Gasteiger partial charge >= 0.3 is 0 Å². The van der Waals surface area contributed by atoms with Crippen molar-refractivity contribution in [2.75, 3.05) is 0 Å². The quantitative estimate of drug-likeness (QED) is 0.752. The van der Waals surface area contributed by atoms with E-state index in [1.807, 2.05) is 0 Å². The second-order valence-corrected chi connectivity index (χ2v) is 4.71. The second-order valence-electron chi connectivity index (χ2n) is 2.98. The van der Waals surface area contributed by atoms with Crippen LogP contribution in [0.3, 0.4) is 0 Å². The van der Waals surface area contributed by atoms with Gasteiger partial charge < -0.3 is 4.42 Å². The summed E-state index contributed by atoms with van der Waals surface area (Å²) in [6.07, 6.45) is 0. The number of nitriles is 1. The summed E-state index contributed by atoms with van der Waals surface area (Å²) in [5.74, 6) is 0. The van der Waals surface area contributed by atoms with E-state index < -0.39 is 0 Å². The third-order valence-electron chi connectivity index (χ3n) is 1.79. The number of hydrogen-bond donors (Lipinski definition) is 0. The molecule has 1 heterocycles. The van der Waals surface area contributed by atoms with Gasteiger partial charge in [0.25, 0.3) is 5.22 Å². The van der Waals surface area contributed by atoms with Gasteiger partial charge in [-0.2, -0.15) is 5.26 Å². The van der Waals surface area contributed by atoms with Gasteiger partial charge in [-0.05, 0) is 30.8 Å². The molecule has 0 amide bonds. The fourth-order valence-electron chi connectivity index (χ4n) is 1.11. The molecule has 1 aromatic carbocycles. The SMILES string of the molecule is C[C@@H](C#N)Sc1nc2ccc(Cl)cc2o1. The fraction of sp³-hybridized carbons (Fsp3) is 0.200. The molecule has 5 heteroatoms. The Hall–Kier alpha value is -1.18. The fourth-order valence-corrected chi connectivity index (χ4v) is 1.91. The van der Waals surface area contributed by atoms with Crippen molar-refractivity contribution in [1.29, 1.82) is 5.26 Å². The highest BCUT2D eigenvalue weighted by atomic mass is 35.5. The lowest BCUT2D eigenvalue weighted by Gasteiger charge is -1.93. The molecule has 0 radical (unpaired) electrons. The maximum absolute atomic E-state index is 8.65. The van der Waals surface area contributed by atoms with Gasteiger partial charge in [0.15, 0.2) is 5.58 Å². The zero-order chi connectivity index (χ0) is 10.8. The molecule has 76 valence electrons. The summed E-state index contributed by atoms with van der Waals surface area (Å²) in [5, 5.41) is 9.60. The van der Waals surface area contributed by atoms with E-state index in [1.54, 1.807) is 25.1 Å². The van der Waals surface area contributed by atoms with Gasteiger partial charge in [0.2, 0.25) is 0 Å². The Bertz CT molecular complexity index is 532. The van der Waals surface area contributed by atoms with Crippen LogP contribution in [-0.2, 0) is 0 Å². The minimum Gasteiger partial charge on any atom is -0.431 e. The van der Waals surface area contributed by atoms with E-state index in [0.717, 1.165) is 5.52 Å². The molecule has 0 saturated carbocycles. The molecule has 0 bridgehead atoms. The summed E-state index contributed by atoms with van der Waals surface area (Å²) >= 11 is 7.11. The van der Waals surface area contributed by atoms with Crippen LogP contribution in [-0.4, -0.2) is 10.2 Å². The highest BCUT2D eigenvalue weighted by molar-refractivity contribution is 7.99. The lowest BCUT2D eigenvalue weighted by atomic mass is 10.3. The molecule has 0 aliphatic rings. The van der Waals surface area contributed by atoms with Crippen LogP contribution in [0.5, 0.6) is 0 Å². The Morgan fingerprint density at radius 2 is 2.40 bits per heavy atom. The summed E-state index contributed by atoms with van der Waals surface area (Å²) < 4.78 is 5.44. The number of oxazole rings is 1. The third-order valence-corrected chi connectivity index (χ3v) is 2.86. The Morgan fingerprint density at radius 1 is 1.60 bits per heavy atom. The van der Waals surface area contributed by atoms with Gasteiger partial charge in [0, 0.05) is 11.1 Å². The molecule has 0 spiro atoms. The predicted octanol–water partition coefficient (Wildman–Crippen LogP) is 3.49. The topological polar surface area (TPSA) is 49.8 Å². The number of nitrogens with zero attached hydrogens (tertiary/aromatic N) is 2. The number of halogens is 1. The van der Waals surface area contributed by atoms with Crippen LogP contribution >= 0.6 is 23.4 Å². The first-order valence-corrected chi connectivity index (χ1v) is 5.57. The van der Waals surface area contributed by atoms with Crippen molar-refractivity contribution >= 4 is 34.5 Å². The number of rotatable bonds is 2. The van der Waals surface area contributed by atoms with Crippen LogP contribution in [0, 0.1) is 11.3 Å². The van der Waals surface area contributed by atoms with Crippen LogP contribution < -0.4 is 0 Å². The van der Waals surface area contributed by atoms with Gasteiger partial charge in [-0.3, -0.25) is 0 Å². The predicted molar refractivity (Wildman–Crippen MR) is 60.0 cm³/mol. The summed E-state index contributed by atoms with van der Waals surface area (Å²) in [5.41, 5.74) is 1.40. The Kier molecular flexibility index (Phi) is 2.85. The number of hydrogen-bond acceptors (Lipinski definition) is 4. The van der Waals surface area contributed by atoms with Gasteiger partial charge in [-0.15, -0.1) is 0 Å². The Balaban J connectivity index is 2.35. The average molecular weight is 239 g/mol. The number of thioether (sulfide) groups is 1. The van der Waals surface area contributed by atoms with E-state index in [4.69, 9.17) is 21.3 Å². The highest BCUT2D eigenvalue weighted by Crippen LogP contribution is 2.27. The van der Waals surface area contributed by atoms with Crippen molar-refractivity contribution < 1.29 is 4.42 Å². The van der Waals surface area contributed by atoms with Crippen molar-refractivity contribution in [3.63, 3.8) is 0 Å². The van der Waals surface area contributed by atoms with E-state index in [1.165, 1.54) is 11.8 Å². The maximum Gasteiger partial charge on any atom is 0.258 e. The number of benzene rings is 1. The lowest BCUT2D eigenvalue weighted by molar-refractivity contribution is 0.489. The molecule has 1 atom stereocenters. The molecule has 15 heavy (non-hydrogen) atoms. The minimum absolute atomic E-state index is 0.173. The van der Waals surface area contributed by atoms with Crippen molar-refractivity contribution in [1.82, 2.24) is 4.98 Å². The van der Waals surface area contributed by atoms with E-state index in [9.17, 15) is 0 Å². The van der Waals surface area contributed by atoms with Crippen LogP contribution in [0.4, 0.5) is 0 Å². The molecule has 0 aliphatic heterocycles.